The Kier molecular flexibility index (Phi) is 5.47. The summed E-state index contributed by atoms with van der Waals surface area (Å²) < 4.78 is 28.4. The van der Waals surface area contributed by atoms with E-state index in [4.69, 9.17) is 0 Å². The molecule has 0 saturated carbocycles. The second-order valence-electron chi connectivity index (χ2n) is 7.05. The van der Waals surface area contributed by atoms with Crippen LogP contribution in [0.2, 0.25) is 0 Å². The van der Waals surface area contributed by atoms with Crippen molar-refractivity contribution in [2.24, 2.45) is 0 Å². The summed E-state index contributed by atoms with van der Waals surface area (Å²) in [5, 5.41) is 0. The number of hydrogen-bond donors (Lipinski definition) is 0. The molecule has 6 heteroatoms. The predicted octanol–water partition coefficient (Wildman–Crippen LogP) is 4.19. The number of anilines is 1. The third kappa shape index (κ3) is 3.68. The molecule has 2 aromatic rings. The summed E-state index contributed by atoms with van der Waals surface area (Å²) in [6.45, 7) is 10.5. The molecule has 2 aromatic carbocycles. The Morgan fingerprint density at radius 2 is 1.46 bits per heavy atom. The number of sulfonamides is 1. The summed E-state index contributed by atoms with van der Waals surface area (Å²) in [5.41, 5.74) is 5.74. The number of piperazine rings is 1. The highest BCUT2D eigenvalue weighted by Gasteiger charge is 2.30. The molecule has 1 saturated heterocycles. The number of halogens is 1. The van der Waals surface area contributed by atoms with Crippen molar-refractivity contribution < 1.29 is 8.42 Å². The first-order chi connectivity index (χ1) is 12.2. The zero-order chi connectivity index (χ0) is 19.1. The van der Waals surface area contributed by atoms with Crippen LogP contribution in [0.3, 0.4) is 0 Å². The smallest absolute Gasteiger partial charge is 0.244 e. The molecule has 26 heavy (non-hydrogen) atoms. The predicted molar refractivity (Wildman–Crippen MR) is 111 cm³/mol. The van der Waals surface area contributed by atoms with Crippen LogP contribution in [-0.4, -0.2) is 38.9 Å². The summed E-state index contributed by atoms with van der Waals surface area (Å²) in [4.78, 5) is 2.64. The minimum absolute atomic E-state index is 0.362. The standard InChI is InChI=1S/C20H25BrN2O2S/c1-14-5-6-19(17(4)11-14)22-7-9-23(10-8-22)26(24,25)20-13-16(3)15(2)12-18(20)21/h5-6,11-13H,7-10H2,1-4H3. The third-order valence-electron chi connectivity index (χ3n) is 5.10. The maximum Gasteiger partial charge on any atom is 0.244 e. The molecule has 0 unspecified atom stereocenters. The van der Waals surface area contributed by atoms with Crippen LogP contribution in [-0.2, 0) is 10.0 Å². The van der Waals surface area contributed by atoms with E-state index in [1.807, 2.05) is 19.9 Å². The maximum absolute atomic E-state index is 13.1. The van der Waals surface area contributed by atoms with E-state index in [1.54, 1.807) is 10.4 Å². The van der Waals surface area contributed by atoms with Gasteiger partial charge in [-0.25, -0.2) is 8.42 Å². The highest BCUT2D eigenvalue weighted by molar-refractivity contribution is 9.10. The van der Waals surface area contributed by atoms with Gasteiger partial charge in [-0.15, -0.1) is 0 Å². The minimum Gasteiger partial charge on any atom is -0.369 e. The molecule has 0 aromatic heterocycles. The fourth-order valence-electron chi connectivity index (χ4n) is 3.42. The first-order valence-electron chi connectivity index (χ1n) is 8.79. The fraction of sp³-hybridized carbons (Fsp3) is 0.400. The van der Waals surface area contributed by atoms with E-state index in [0.29, 0.717) is 35.5 Å². The molecule has 3 rings (SSSR count). The quantitative estimate of drug-likeness (QED) is 0.723. The molecule has 0 amide bonds. The van der Waals surface area contributed by atoms with Gasteiger partial charge in [0.05, 0.1) is 4.90 Å². The SMILES string of the molecule is Cc1ccc(N2CCN(S(=O)(=O)c3cc(C)c(C)cc3Br)CC2)c(C)c1. The van der Waals surface area contributed by atoms with Crippen LogP contribution < -0.4 is 4.90 Å². The first-order valence-corrected chi connectivity index (χ1v) is 11.0. The van der Waals surface area contributed by atoms with Crippen LogP contribution in [0, 0.1) is 27.7 Å². The van der Waals surface area contributed by atoms with E-state index in [1.165, 1.54) is 16.8 Å². The largest absolute Gasteiger partial charge is 0.369 e. The van der Waals surface area contributed by atoms with Crippen LogP contribution in [0.1, 0.15) is 22.3 Å². The average Bonchev–Trinajstić information content (AvgIpc) is 2.58. The molecule has 0 radical (unpaired) electrons. The van der Waals surface area contributed by atoms with Gasteiger partial charge in [0.2, 0.25) is 10.0 Å². The van der Waals surface area contributed by atoms with Gasteiger partial charge in [0.1, 0.15) is 0 Å². The van der Waals surface area contributed by atoms with Crippen molar-refractivity contribution in [3.8, 4) is 0 Å². The summed E-state index contributed by atoms with van der Waals surface area (Å²) >= 11 is 3.43. The van der Waals surface area contributed by atoms with E-state index in [-0.39, 0.29) is 0 Å². The summed E-state index contributed by atoms with van der Waals surface area (Å²) in [6, 6.07) is 10.1. The van der Waals surface area contributed by atoms with Crippen molar-refractivity contribution in [1.82, 2.24) is 4.31 Å². The molecule has 4 nitrogen and oxygen atoms in total. The summed E-state index contributed by atoms with van der Waals surface area (Å²) in [7, 11) is -3.49. The Labute approximate surface area is 165 Å². The number of nitrogens with zero attached hydrogens (tertiary/aromatic N) is 2. The molecule has 0 N–H and O–H groups in total. The Morgan fingerprint density at radius 1 is 0.846 bits per heavy atom. The van der Waals surface area contributed by atoms with Crippen molar-refractivity contribution in [2.45, 2.75) is 32.6 Å². The van der Waals surface area contributed by atoms with E-state index in [0.717, 1.165) is 11.1 Å². The molecule has 1 heterocycles. The minimum atomic E-state index is -3.49. The first kappa shape index (κ1) is 19.4. The summed E-state index contributed by atoms with van der Waals surface area (Å²) in [5.74, 6) is 0. The van der Waals surface area contributed by atoms with Gasteiger partial charge in [0.25, 0.3) is 0 Å². The number of benzene rings is 2. The molecule has 140 valence electrons. The van der Waals surface area contributed by atoms with Gasteiger partial charge in [-0.3, -0.25) is 0 Å². The van der Waals surface area contributed by atoms with E-state index >= 15 is 0 Å². The fourth-order valence-corrected chi connectivity index (χ4v) is 6.05. The molecule has 0 aliphatic carbocycles. The topological polar surface area (TPSA) is 40.6 Å². The van der Waals surface area contributed by atoms with Gasteiger partial charge in [-0.1, -0.05) is 17.7 Å². The van der Waals surface area contributed by atoms with Crippen LogP contribution in [0.25, 0.3) is 0 Å². The molecule has 0 spiro atoms. The van der Waals surface area contributed by atoms with Crippen molar-refractivity contribution in [3.05, 3.63) is 57.1 Å². The monoisotopic (exact) mass is 436 g/mol. The van der Waals surface area contributed by atoms with E-state index < -0.39 is 10.0 Å². The lowest BCUT2D eigenvalue weighted by atomic mass is 10.1. The second-order valence-corrected chi connectivity index (χ2v) is 9.81. The highest BCUT2D eigenvalue weighted by atomic mass is 79.9. The Hall–Kier alpha value is -1.37. The van der Waals surface area contributed by atoms with Gasteiger partial charge in [-0.2, -0.15) is 4.31 Å². The zero-order valence-corrected chi connectivity index (χ0v) is 18.1. The normalized spacial score (nSPS) is 16.1. The van der Waals surface area contributed by atoms with Crippen molar-refractivity contribution in [1.29, 1.82) is 0 Å². The average molecular weight is 437 g/mol. The van der Waals surface area contributed by atoms with E-state index in [9.17, 15) is 8.42 Å². The van der Waals surface area contributed by atoms with Crippen LogP contribution in [0.5, 0.6) is 0 Å². The lowest BCUT2D eigenvalue weighted by Gasteiger charge is -2.36. The lowest BCUT2D eigenvalue weighted by molar-refractivity contribution is 0.384. The Morgan fingerprint density at radius 3 is 2.08 bits per heavy atom. The van der Waals surface area contributed by atoms with Gasteiger partial charge in [0.15, 0.2) is 0 Å². The number of hydrogen-bond acceptors (Lipinski definition) is 3. The Bertz CT molecular complexity index is 933. The number of aryl methyl sites for hydroxylation is 4. The molecular formula is C20H25BrN2O2S. The van der Waals surface area contributed by atoms with Gasteiger partial charge >= 0.3 is 0 Å². The van der Waals surface area contributed by atoms with Gasteiger partial charge in [-0.05, 0) is 78.5 Å². The summed E-state index contributed by atoms with van der Waals surface area (Å²) in [6.07, 6.45) is 0. The lowest BCUT2D eigenvalue weighted by Crippen LogP contribution is -2.48. The third-order valence-corrected chi connectivity index (χ3v) is 7.95. The van der Waals surface area contributed by atoms with Crippen molar-refractivity contribution in [3.63, 3.8) is 0 Å². The highest BCUT2D eigenvalue weighted by Crippen LogP contribution is 2.30. The second kappa shape index (κ2) is 7.33. The molecule has 1 fully saturated rings. The van der Waals surface area contributed by atoms with E-state index in [2.05, 4.69) is 52.9 Å². The molecule has 1 aliphatic rings. The molecule has 0 atom stereocenters. The van der Waals surface area contributed by atoms with Crippen LogP contribution in [0.4, 0.5) is 5.69 Å². The molecular weight excluding hydrogens is 412 g/mol. The Balaban J connectivity index is 1.80. The van der Waals surface area contributed by atoms with Crippen LogP contribution >= 0.6 is 15.9 Å². The van der Waals surface area contributed by atoms with Crippen molar-refractivity contribution in [2.75, 3.05) is 31.1 Å². The van der Waals surface area contributed by atoms with Gasteiger partial charge < -0.3 is 4.90 Å². The molecule has 0 bridgehead atoms. The van der Waals surface area contributed by atoms with Gasteiger partial charge in [0, 0.05) is 36.3 Å². The maximum atomic E-state index is 13.1. The zero-order valence-electron chi connectivity index (χ0n) is 15.7. The molecule has 1 aliphatic heterocycles. The number of rotatable bonds is 3. The van der Waals surface area contributed by atoms with Crippen molar-refractivity contribution >= 4 is 31.6 Å². The van der Waals surface area contributed by atoms with Crippen LogP contribution in [0.15, 0.2) is 39.7 Å².